The van der Waals surface area contributed by atoms with E-state index in [4.69, 9.17) is 9.47 Å². The van der Waals surface area contributed by atoms with Crippen LogP contribution in [0.5, 0.6) is 11.5 Å². The van der Waals surface area contributed by atoms with Crippen molar-refractivity contribution in [3.63, 3.8) is 0 Å². The Morgan fingerprint density at radius 2 is 1.85 bits per heavy atom. The normalized spacial score (nSPS) is 13.7. The highest BCUT2D eigenvalue weighted by molar-refractivity contribution is 7.92. The van der Waals surface area contributed by atoms with Gasteiger partial charge in [0, 0.05) is 12.1 Å². The van der Waals surface area contributed by atoms with Crippen molar-refractivity contribution in [2.75, 3.05) is 18.9 Å². The van der Waals surface area contributed by atoms with Crippen molar-refractivity contribution in [1.82, 2.24) is 5.32 Å². The molecule has 1 amide bonds. The molecule has 1 fully saturated rings. The van der Waals surface area contributed by atoms with Gasteiger partial charge in [0.15, 0.2) is 11.5 Å². The number of para-hydroxylation sites is 1. The number of ether oxygens (including phenoxy) is 2. The summed E-state index contributed by atoms with van der Waals surface area (Å²) in [6.07, 6.45) is 1.75. The first kappa shape index (κ1) is 19.0. The maximum absolute atomic E-state index is 13.8. The Morgan fingerprint density at radius 3 is 2.44 bits per heavy atom. The number of hydrogen-bond donors (Lipinski definition) is 2. The molecular formula is C18H19FN2O5S. The van der Waals surface area contributed by atoms with E-state index >= 15 is 0 Å². The first-order valence-electron chi connectivity index (χ1n) is 8.20. The minimum atomic E-state index is -4.17. The van der Waals surface area contributed by atoms with E-state index in [0.29, 0.717) is 0 Å². The third kappa shape index (κ3) is 4.13. The predicted molar refractivity (Wildman–Crippen MR) is 97.2 cm³/mol. The number of methoxy groups -OCH3 is 2. The predicted octanol–water partition coefficient (Wildman–Crippen LogP) is 2.54. The van der Waals surface area contributed by atoms with Crippen molar-refractivity contribution in [2.45, 2.75) is 23.8 Å². The second-order valence-electron chi connectivity index (χ2n) is 6.04. The quantitative estimate of drug-likeness (QED) is 0.753. The molecular weight excluding hydrogens is 375 g/mol. The van der Waals surface area contributed by atoms with Crippen LogP contribution in [0.25, 0.3) is 0 Å². The fourth-order valence-corrected chi connectivity index (χ4v) is 3.61. The lowest BCUT2D eigenvalue weighted by molar-refractivity contribution is 0.0947. The number of hydrogen-bond acceptors (Lipinski definition) is 5. The van der Waals surface area contributed by atoms with Crippen molar-refractivity contribution in [3.8, 4) is 11.5 Å². The number of rotatable bonds is 7. The van der Waals surface area contributed by atoms with E-state index < -0.39 is 21.7 Å². The highest BCUT2D eigenvalue weighted by Gasteiger charge is 2.28. The molecule has 0 unspecified atom stereocenters. The van der Waals surface area contributed by atoms with Crippen molar-refractivity contribution in [3.05, 3.63) is 47.8 Å². The average molecular weight is 394 g/mol. The number of anilines is 1. The van der Waals surface area contributed by atoms with Gasteiger partial charge >= 0.3 is 0 Å². The molecule has 9 heteroatoms. The highest BCUT2D eigenvalue weighted by atomic mass is 32.2. The summed E-state index contributed by atoms with van der Waals surface area (Å²) in [5, 5.41) is 2.78. The Hall–Kier alpha value is -2.81. The van der Waals surface area contributed by atoms with Gasteiger partial charge in [-0.05, 0) is 31.0 Å². The summed E-state index contributed by atoms with van der Waals surface area (Å²) in [5.41, 5.74) is -0.172. The Bertz CT molecular complexity index is 974. The number of amides is 1. The van der Waals surface area contributed by atoms with Gasteiger partial charge in [-0.1, -0.05) is 12.1 Å². The summed E-state index contributed by atoms with van der Waals surface area (Å²) in [5.74, 6) is -0.973. The van der Waals surface area contributed by atoms with Gasteiger partial charge in [0.1, 0.15) is 5.82 Å². The van der Waals surface area contributed by atoms with E-state index in [0.717, 1.165) is 18.9 Å². The van der Waals surface area contributed by atoms with Gasteiger partial charge in [-0.3, -0.25) is 9.52 Å². The van der Waals surface area contributed by atoms with Gasteiger partial charge in [0.25, 0.3) is 15.9 Å². The van der Waals surface area contributed by atoms with E-state index in [-0.39, 0.29) is 33.7 Å². The van der Waals surface area contributed by atoms with Crippen molar-refractivity contribution < 1.29 is 27.1 Å². The van der Waals surface area contributed by atoms with Gasteiger partial charge in [-0.15, -0.1) is 0 Å². The molecule has 0 aromatic heterocycles. The van der Waals surface area contributed by atoms with Crippen molar-refractivity contribution in [1.29, 1.82) is 0 Å². The van der Waals surface area contributed by atoms with Gasteiger partial charge < -0.3 is 14.8 Å². The van der Waals surface area contributed by atoms with Gasteiger partial charge in [-0.2, -0.15) is 0 Å². The summed E-state index contributed by atoms with van der Waals surface area (Å²) < 4.78 is 51.9. The molecule has 0 atom stereocenters. The Morgan fingerprint density at radius 1 is 1.15 bits per heavy atom. The summed E-state index contributed by atoms with van der Waals surface area (Å²) in [7, 11) is -1.47. The fourth-order valence-electron chi connectivity index (χ4n) is 2.50. The molecule has 1 saturated carbocycles. The minimum absolute atomic E-state index is 0.0256. The third-order valence-electron chi connectivity index (χ3n) is 4.04. The highest BCUT2D eigenvalue weighted by Crippen LogP contribution is 2.35. The Kier molecular flexibility index (Phi) is 5.22. The van der Waals surface area contributed by atoms with Gasteiger partial charge in [0.2, 0.25) is 0 Å². The molecule has 27 heavy (non-hydrogen) atoms. The molecule has 1 aliphatic rings. The van der Waals surface area contributed by atoms with Crippen LogP contribution in [0.2, 0.25) is 0 Å². The van der Waals surface area contributed by atoms with Crippen molar-refractivity contribution >= 4 is 21.6 Å². The molecule has 7 nitrogen and oxygen atoms in total. The molecule has 0 spiro atoms. The van der Waals surface area contributed by atoms with Crippen LogP contribution in [0.1, 0.15) is 23.2 Å². The van der Waals surface area contributed by atoms with Crippen LogP contribution in [-0.4, -0.2) is 34.6 Å². The smallest absolute Gasteiger partial charge is 0.262 e. The molecule has 2 N–H and O–H groups in total. The summed E-state index contributed by atoms with van der Waals surface area (Å²) >= 11 is 0. The van der Waals surface area contributed by atoms with Crippen LogP contribution < -0.4 is 19.5 Å². The standard InChI is InChI=1S/C18H19FN2O5S/c1-25-16-10-12(27(23,24)21-15-6-4-3-5-14(15)19)9-13(17(16)26-2)18(22)20-11-7-8-11/h3-6,9-11,21H,7-8H2,1-2H3,(H,20,22). The van der Waals surface area contributed by atoms with Crippen LogP contribution >= 0.6 is 0 Å². The van der Waals surface area contributed by atoms with E-state index in [1.165, 1.54) is 44.6 Å². The average Bonchev–Trinajstić information content (AvgIpc) is 3.46. The second kappa shape index (κ2) is 7.43. The molecule has 2 aromatic carbocycles. The molecule has 1 aliphatic carbocycles. The zero-order valence-electron chi connectivity index (χ0n) is 14.8. The topological polar surface area (TPSA) is 93.7 Å². The molecule has 0 radical (unpaired) electrons. The first-order valence-corrected chi connectivity index (χ1v) is 9.68. The first-order chi connectivity index (χ1) is 12.9. The lowest BCUT2D eigenvalue weighted by atomic mass is 10.1. The molecule has 3 rings (SSSR count). The number of carbonyl (C=O) groups excluding carboxylic acids is 1. The lowest BCUT2D eigenvalue weighted by Gasteiger charge is -2.16. The number of halogens is 1. The van der Waals surface area contributed by atoms with Crippen LogP contribution in [0.3, 0.4) is 0 Å². The van der Waals surface area contributed by atoms with Crippen molar-refractivity contribution in [2.24, 2.45) is 0 Å². The maximum Gasteiger partial charge on any atom is 0.262 e. The Balaban J connectivity index is 2.03. The van der Waals surface area contributed by atoms with E-state index in [2.05, 4.69) is 10.0 Å². The second-order valence-corrected chi connectivity index (χ2v) is 7.72. The summed E-state index contributed by atoms with van der Waals surface area (Å²) in [6.45, 7) is 0. The van der Waals surface area contributed by atoms with E-state index in [1.54, 1.807) is 0 Å². The summed E-state index contributed by atoms with van der Waals surface area (Å²) in [6, 6.07) is 7.87. The van der Waals surface area contributed by atoms with Gasteiger partial charge in [-0.25, -0.2) is 12.8 Å². The number of sulfonamides is 1. The Labute approximate surface area is 156 Å². The molecule has 0 bridgehead atoms. The zero-order chi connectivity index (χ0) is 19.6. The monoisotopic (exact) mass is 394 g/mol. The zero-order valence-corrected chi connectivity index (χ0v) is 15.6. The number of benzene rings is 2. The molecule has 0 aliphatic heterocycles. The van der Waals surface area contributed by atoms with E-state index in [1.807, 2.05) is 0 Å². The van der Waals surface area contributed by atoms with Gasteiger partial charge in [0.05, 0.1) is 30.4 Å². The maximum atomic E-state index is 13.8. The largest absolute Gasteiger partial charge is 0.493 e. The van der Waals surface area contributed by atoms with Crippen LogP contribution in [0.4, 0.5) is 10.1 Å². The molecule has 0 saturated heterocycles. The number of nitrogens with one attached hydrogen (secondary N) is 2. The molecule has 144 valence electrons. The SMILES string of the molecule is COc1cc(S(=O)(=O)Nc2ccccc2F)cc(C(=O)NC2CC2)c1OC. The lowest BCUT2D eigenvalue weighted by Crippen LogP contribution is -2.26. The van der Waals surface area contributed by atoms with Crippen LogP contribution in [0, 0.1) is 5.82 Å². The fraction of sp³-hybridized carbons (Fsp3) is 0.278. The van der Waals surface area contributed by atoms with E-state index in [9.17, 15) is 17.6 Å². The minimum Gasteiger partial charge on any atom is -0.493 e. The van der Waals surface area contributed by atoms with Crippen LogP contribution in [-0.2, 0) is 10.0 Å². The molecule has 2 aromatic rings. The van der Waals surface area contributed by atoms with Crippen LogP contribution in [0.15, 0.2) is 41.3 Å². The number of carbonyl (C=O) groups is 1. The summed E-state index contributed by atoms with van der Waals surface area (Å²) in [4.78, 5) is 12.3. The molecule has 0 heterocycles. The third-order valence-corrected chi connectivity index (χ3v) is 5.38.